The fraction of sp³-hybridized carbons (Fsp3) is 0.217. The molecule has 0 saturated carbocycles. The second-order valence-electron chi connectivity index (χ2n) is 6.92. The van der Waals surface area contributed by atoms with Crippen molar-refractivity contribution >= 4 is 23.3 Å². The molecule has 1 atom stereocenters. The molecule has 0 fully saturated rings. The van der Waals surface area contributed by atoms with Crippen molar-refractivity contribution < 1.29 is 13.9 Å². The van der Waals surface area contributed by atoms with Gasteiger partial charge in [-0.15, -0.1) is 11.3 Å². The minimum absolute atomic E-state index is 0.0395. The Balaban J connectivity index is 1.58. The number of hydrogen-bond donors (Lipinski definition) is 1. The van der Waals surface area contributed by atoms with Crippen molar-refractivity contribution in [1.29, 1.82) is 0 Å². The summed E-state index contributed by atoms with van der Waals surface area (Å²) in [4.78, 5) is 18.8. The number of likely N-dealkylation sites (N-methyl/N-ethyl adjacent to an activating group) is 1. The molecule has 7 heteroatoms. The summed E-state index contributed by atoms with van der Waals surface area (Å²) in [5.74, 6) is 0.330. The number of hydrogen-bond acceptors (Lipinski definition) is 5. The van der Waals surface area contributed by atoms with Crippen molar-refractivity contribution in [3.8, 4) is 16.3 Å². The summed E-state index contributed by atoms with van der Waals surface area (Å²) < 4.78 is 18.3. The van der Waals surface area contributed by atoms with E-state index >= 15 is 0 Å². The van der Waals surface area contributed by atoms with Gasteiger partial charge in [0.1, 0.15) is 16.6 Å². The summed E-state index contributed by atoms with van der Waals surface area (Å²) in [6, 6.07) is 14.0. The van der Waals surface area contributed by atoms with Crippen molar-refractivity contribution in [1.82, 2.24) is 15.2 Å². The van der Waals surface area contributed by atoms with Crippen LogP contribution in [-0.2, 0) is 4.79 Å². The molecule has 0 spiro atoms. The van der Waals surface area contributed by atoms with Crippen LogP contribution in [0, 0.1) is 5.82 Å². The Kier molecular flexibility index (Phi) is 7.32. The van der Waals surface area contributed by atoms with E-state index in [9.17, 15) is 9.18 Å². The standard InChI is InChI=1S/C23H24FN3O2S/c1-27(2)21(16-6-11-20(29-3)12-7-16)14-25-22(28)13-10-19-15-30-23(26-19)17-4-8-18(24)9-5-17/h4-13,15,21H,14H2,1-3H3,(H,25,28). The van der Waals surface area contributed by atoms with Crippen molar-refractivity contribution in [3.05, 3.63) is 77.1 Å². The number of methoxy groups -OCH3 is 1. The highest BCUT2D eigenvalue weighted by Crippen LogP contribution is 2.24. The lowest BCUT2D eigenvalue weighted by molar-refractivity contribution is -0.116. The molecule has 1 unspecified atom stereocenters. The van der Waals surface area contributed by atoms with Gasteiger partial charge in [-0.3, -0.25) is 4.79 Å². The Morgan fingerprint density at radius 2 is 1.90 bits per heavy atom. The van der Waals surface area contributed by atoms with Gasteiger partial charge in [0.05, 0.1) is 18.8 Å². The lowest BCUT2D eigenvalue weighted by Gasteiger charge is -2.25. The number of ether oxygens (including phenoxy) is 1. The number of nitrogens with zero attached hydrogens (tertiary/aromatic N) is 2. The van der Waals surface area contributed by atoms with Crippen molar-refractivity contribution in [2.75, 3.05) is 27.7 Å². The molecule has 3 rings (SSSR count). The number of aromatic nitrogens is 1. The summed E-state index contributed by atoms with van der Waals surface area (Å²) in [6.07, 6.45) is 3.15. The molecule has 3 aromatic rings. The molecule has 0 aliphatic heterocycles. The van der Waals surface area contributed by atoms with E-state index in [1.54, 1.807) is 25.3 Å². The molecule has 1 heterocycles. The number of rotatable bonds is 8. The Bertz CT molecular complexity index is 998. The van der Waals surface area contributed by atoms with Gasteiger partial charge < -0.3 is 15.0 Å². The summed E-state index contributed by atoms with van der Waals surface area (Å²) >= 11 is 1.45. The Morgan fingerprint density at radius 1 is 1.20 bits per heavy atom. The molecule has 2 aromatic carbocycles. The normalized spacial score (nSPS) is 12.3. The van der Waals surface area contributed by atoms with Gasteiger partial charge in [-0.1, -0.05) is 12.1 Å². The highest BCUT2D eigenvalue weighted by Gasteiger charge is 2.15. The Morgan fingerprint density at radius 3 is 2.53 bits per heavy atom. The van der Waals surface area contributed by atoms with Gasteiger partial charge in [0.2, 0.25) is 5.91 Å². The van der Waals surface area contributed by atoms with Gasteiger partial charge in [-0.2, -0.15) is 0 Å². The van der Waals surface area contributed by atoms with Crippen LogP contribution in [0.2, 0.25) is 0 Å². The Hall–Kier alpha value is -3.03. The SMILES string of the molecule is COc1ccc(C(CNC(=O)C=Cc2csc(-c3ccc(F)cc3)n2)N(C)C)cc1. The molecule has 1 N–H and O–H groups in total. The number of amides is 1. The number of thiazole rings is 1. The fourth-order valence-electron chi connectivity index (χ4n) is 2.93. The molecular weight excluding hydrogens is 401 g/mol. The molecule has 5 nitrogen and oxygen atoms in total. The average molecular weight is 426 g/mol. The van der Waals surface area contributed by atoms with Crippen molar-refractivity contribution in [3.63, 3.8) is 0 Å². The molecule has 1 amide bonds. The molecule has 156 valence electrons. The number of carbonyl (C=O) groups is 1. The summed E-state index contributed by atoms with van der Waals surface area (Å²) in [5.41, 5.74) is 2.63. The lowest BCUT2D eigenvalue weighted by Crippen LogP contribution is -2.33. The van der Waals surface area contributed by atoms with Crippen LogP contribution in [0.4, 0.5) is 4.39 Å². The first-order valence-corrected chi connectivity index (χ1v) is 10.3. The second-order valence-corrected chi connectivity index (χ2v) is 7.77. The first-order chi connectivity index (χ1) is 14.5. The molecular formula is C23H24FN3O2S. The third-order valence-electron chi connectivity index (χ3n) is 4.61. The molecule has 0 saturated heterocycles. The topological polar surface area (TPSA) is 54.5 Å². The monoisotopic (exact) mass is 425 g/mol. The van der Waals surface area contributed by atoms with E-state index in [1.165, 1.54) is 29.5 Å². The predicted octanol–water partition coefficient (Wildman–Crippen LogP) is 4.39. The van der Waals surface area contributed by atoms with Gasteiger partial charge in [-0.25, -0.2) is 9.37 Å². The zero-order valence-electron chi connectivity index (χ0n) is 17.1. The van der Waals surface area contributed by atoms with Crippen molar-refractivity contribution in [2.45, 2.75) is 6.04 Å². The van der Waals surface area contributed by atoms with Crippen LogP contribution in [-0.4, -0.2) is 43.5 Å². The lowest BCUT2D eigenvalue weighted by atomic mass is 10.1. The quantitative estimate of drug-likeness (QED) is 0.544. The molecule has 0 aliphatic carbocycles. The minimum atomic E-state index is -0.280. The van der Waals surface area contributed by atoms with Gasteiger partial charge in [-0.05, 0) is 62.1 Å². The third-order valence-corrected chi connectivity index (χ3v) is 5.52. The van der Waals surface area contributed by atoms with Crippen LogP contribution in [0.1, 0.15) is 17.3 Å². The predicted molar refractivity (Wildman–Crippen MR) is 119 cm³/mol. The maximum atomic E-state index is 13.1. The van der Waals surface area contributed by atoms with E-state index in [2.05, 4.69) is 15.2 Å². The van der Waals surface area contributed by atoms with Crippen LogP contribution in [0.3, 0.4) is 0 Å². The van der Waals surface area contributed by atoms with E-state index in [0.717, 1.165) is 21.9 Å². The van der Waals surface area contributed by atoms with E-state index in [1.807, 2.05) is 43.7 Å². The van der Waals surface area contributed by atoms with Crippen LogP contribution in [0.25, 0.3) is 16.6 Å². The molecule has 1 aromatic heterocycles. The number of benzene rings is 2. The van der Waals surface area contributed by atoms with Crippen LogP contribution in [0.5, 0.6) is 5.75 Å². The van der Waals surface area contributed by atoms with Gasteiger partial charge in [0.15, 0.2) is 0 Å². The largest absolute Gasteiger partial charge is 0.497 e. The second kappa shape index (κ2) is 10.1. The highest BCUT2D eigenvalue weighted by molar-refractivity contribution is 7.13. The fourth-order valence-corrected chi connectivity index (χ4v) is 3.72. The number of nitrogens with one attached hydrogen (secondary N) is 1. The molecule has 0 bridgehead atoms. The minimum Gasteiger partial charge on any atom is -0.497 e. The smallest absolute Gasteiger partial charge is 0.244 e. The molecule has 0 aliphatic rings. The maximum absolute atomic E-state index is 13.1. The summed E-state index contributed by atoms with van der Waals surface area (Å²) in [6.45, 7) is 0.473. The van der Waals surface area contributed by atoms with Gasteiger partial charge in [0, 0.05) is 23.6 Å². The summed E-state index contributed by atoms with van der Waals surface area (Å²) in [7, 11) is 5.59. The van der Waals surface area contributed by atoms with Crippen molar-refractivity contribution in [2.24, 2.45) is 0 Å². The van der Waals surface area contributed by atoms with Gasteiger partial charge >= 0.3 is 0 Å². The number of carbonyl (C=O) groups excluding carboxylic acids is 1. The first kappa shape index (κ1) is 21.7. The third kappa shape index (κ3) is 5.75. The van der Waals surface area contributed by atoms with E-state index in [-0.39, 0.29) is 17.8 Å². The number of halogens is 1. The maximum Gasteiger partial charge on any atom is 0.244 e. The zero-order chi connectivity index (χ0) is 21.5. The van der Waals surface area contributed by atoms with Gasteiger partial charge in [0.25, 0.3) is 0 Å². The highest BCUT2D eigenvalue weighted by atomic mass is 32.1. The first-order valence-electron chi connectivity index (χ1n) is 9.44. The van der Waals surface area contributed by atoms with E-state index in [0.29, 0.717) is 12.2 Å². The zero-order valence-corrected chi connectivity index (χ0v) is 17.9. The Labute approximate surface area is 179 Å². The van der Waals surface area contributed by atoms with Crippen LogP contribution in [0.15, 0.2) is 60.0 Å². The molecule has 0 radical (unpaired) electrons. The summed E-state index contributed by atoms with van der Waals surface area (Å²) in [5, 5.41) is 5.58. The van der Waals surface area contributed by atoms with E-state index in [4.69, 9.17) is 4.74 Å². The average Bonchev–Trinajstić information content (AvgIpc) is 3.22. The molecule has 30 heavy (non-hydrogen) atoms. The van der Waals surface area contributed by atoms with Crippen LogP contribution < -0.4 is 10.1 Å². The van der Waals surface area contributed by atoms with Crippen LogP contribution >= 0.6 is 11.3 Å². The van der Waals surface area contributed by atoms with E-state index < -0.39 is 0 Å².